The number of aromatic nitrogens is 2. The molecule has 1 aliphatic rings. The number of benzene rings is 1. The summed E-state index contributed by atoms with van der Waals surface area (Å²) in [4.78, 5) is 60.2. The van der Waals surface area contributed by atoms with E-state index in [4.69, 9.17) is 0 Å². The number of hydrogen-bond donors (Lipinski definition) is 3. The molecule has 0 saturated heterocycles. The molecular formula is C15H10F3N5O6. The Kier molecular flexibility index (Phi) is 4.29. The van der Waals surface area contributed by atoms with Gasteiger partial charge in [-0.1, -0.05) is 6.07 Å². The van der Waals surface area contributed by atoms with Crippen molar-refractivity contribution in [2.24, 2.45) is 7.05 Å². The van der Waals surface area contributed by atoms with Crippen molar-refractivity contribution in [2.45, 2.75) is 11.7 Å². The second-order valence-corrected chi connectivity index (χ2v) is 6.01. The van der Waals surface area contributed by atoms with Crippen LogP contribution in [0.1, 0.15) is 15.9 Å². The number of aromatic amines is 1. The van der Waals surface area contributed by atoms with E-state index < -0.39 is 62.3 Å². The van der Waals surface area contributed by atoms with Crippen LogP contribution in [0, 0.1) is 10.1 Å². The number of alkyl halides is 3. The summed E-state index contributed by atoms with van der Waals surface area (Å²) >= 11 is 0. The molecule has 3 N–H and O–H groups in total. The van der Waals surface area contributed by atoms with E-state index in [-0.39, 0.29) is 0 Å². The van der Waals surface area contributed by atoms with Gasteiger partial charge < -0.3 is 10.6 Å². The van der Waals surface area contributed by atoms with Crippen LogP contribution in [0.15, 0.2) is 33.9 Å². The van der Waals surface area contributed by atoms with Gasteiger partial charge in [-0.25, -0.2) is 4.79 Å². The van der Waals surface area contributed by atoms with Crippen LogP contribution < -0.4 is 21.9 Å². The average molecular weight is 413 g/mol. The molecule has 1 aromatic carbocycles. The molecule has 0 fully saturated rings. The third-order valence-electron chi connectivity index (χ3n) is 4.32. The third kappa shape index (κ3) is 2.84. The first-order valence-electron chi connectivity index (χ1n) is 7.69. The topological polar surface area (TPSA) is 156 Å². The molecule has 2 heterocycles. The van der Waals surface area contributed by atoms with Crippen molar-refractivity contribution in [3.8, 4) is 0 Å². The fourth-order valence-electron chi connectivity index (χ4n) is 2.89. The molecule has 2 amide bonds. The summed E-state index contributed by atoms with van der Waals surface area (Å²) in [5.74, 6) is -4.05. The molecular weight excluding hydrogens is 403 g/mol. The first-order chi connectivity index (χ1) is 13.4. The van der Waals surface area contributed by atoms with Crippen molar-refractivity contribution in [1.82, 2.24) is 14.9 Å². The number of carbonyl (C=O) groups is 2. The number of nitrogens with zero attached hydrogens (tertiary/aromatic N) is 2. The highest BCUT2D eigenvalue weighted by Crippen LogP contribution is 2.44. The van der Waals surface area contributed by atoms with Crippen LogP contribution in [0.3, 0.4) is 0 Å². The van der Waals surface area contributed by atoms with E-state index >= 15 is 0 Å². The van der Waals surface area contributed by atoms with E-state index in [1.807, 2.05) is 0 Å². The molecule has 0 bridgehead atoms. The SMILES string of the molecule is Cn1c2c(c(=O)[nH]c1=O)[C@@](NC(=O)c1cccc([N+](=O)[O-])c1)(C(F)(F)F)C(=O)N2. The molecule has 14 heteroatoms. The second-order valence-electron chi connectivity index (χ2n) is 6.01. The summed E-state index contributed by atoms with van der Waals surface area (Å²) in [6.45, 7) is 0. The van der Waals surface area contributed by atoms with E-state index in [0.29, 0.717) is 10.6 Å². The van der Waals surface area contributed by atoms with Crippen molar-refractivity contribution in [2.75, 3.05) is 5.32 Å². The number of amides is 2. The normalized spacial score (nSPS) is 18.1. The Morgan fingerprint density at radius 2 is 1.93 bits per heavy atom. The predicted octanol–water partition coefficient (Wildman–Crippen LogP) is 0.121. The zero-order valence-electron chi connectivity index (χ0n) is 14.3. The summed E-state index contributed by atoms with van der Waals surface area (Å²) in [6, 6.07) is 3.77. The monoisotopic (exact) mass is 413 g/mol. The third-order valence-corrected chi connectivity index (χ3v) is 4.32. The Bertz CT molecular complexity index is 1180. The Balaban J connectivity index is 2.21. The molecule has 1 aromatic heterocycles. The number of non-ortho nitro benzene ring substituents is 1. The summed E-state index contributed by atoms with van der Waals surface area (Å²) in [6.07, 6.45) is -5.50. The molecule has 0 spiro atoms. The minimum Gasteiger partial charge on any atom is -0.326 e. The number of hydrogen-bond acceptors (Lipinski definition) is 6. The Hall–Kier alpha value is -3.97. The van der Waals surface area contributed by atoms with Crippen LogP contribution in [-0.4, -0.2) is 32.5 Å². The van der Waals surface area contributed by atoms with Gasteiger partial charge in [-0.05, 0) is 6.07 Å². The zero-order valence-corrected chi connectivity index (χ0v) is 14.3. The molecule has 0 radical (unpaired) electrons. The van der Waals surface area contributed by atoms with Crippen LogP contribution >= 0.6 is 0 Å². The number of nitrogens with one attached hydrogen (secondary N) is 3. The van der Waals surface area contributed by atoms with Crippen molar-refractivity contribution < 1.29 is 27.7 Å². The molecule has 0 unspecified atom stereocenters. The molecule has 11 nitrogen and oxygen atoms in total. The van der Waals surface area contributed by atoms with E-state index in [2.05, 4.69) is 0 Å². The number of nitro benzene ring substituents is 1. The smallest absolute Gasteiger partial charge is 0.326 e. The van der Waals surface area contributed by atoms with Crippen molar-refractivity contribution in [3.05, 3.63) is 66.3 Å². The van der Waals surface area contributed by atoms with Gasteiger partial charge in [-0.2, -0.15) is 13.2 Å². The van der Waals surface area contributed by atoms with Crippen LogP contribution in [0.5, 0.6) is 0 Å². The molecule has 152 valence electrons. The van der Waals surface area contributed by atoms with Crippen LogP contribution in [-0.2, 0) is 17.4 Å². The highest BCUT2D eigenvalue weighted by Gasteiger charge is 2.68. The lowest BCUT2D eigenvalue weighted by atomic mass is 9.91. The van der Waals surface area contributed by atoms with Gasteiger partial charge in [0, 0.05) is 24.7 Å². The standard InChI is InChI=1S/C15H10F3N5O6/c1-22-9-8(11(25)20-13(22)27)14(12(26)19-9,15(16,17)18)21-10(24)6-3-2-4-7(5-6)23(28)29/h2-5H,1H3,(H,19,26)(H,21,24)(H,20,25,27)/t14-/m0/s1. The fraction of sp³-hybridized carbons (Fsp3) is 0.200. The molecule has 1 atom stereocenters. The van der Waals surface area contributed by atoms with Gasteiger partial charge in [0.15, 0.2) is 0 Å². The first kappa shape index (κ1) is 19.8. The Labute approximate surface area is 157 Å². The number of H-pyrrole nitrogens is 1. The lowest BCUT2D eigenvalue weighted by molar-refractivity contribution is -0.384. The minimum atomic E-state index is -5.50. The molecule has 0 saturated carbocycles. The maximum absolute atomic E-state index is 14.0. The summed E-state index contributed by atoms with van der Waals surface area (Å²) in [5, 5.41) is 14.1. The van der Waals surface area contributed by atoms with Gasteiger partial charge >= 0.3 is 11.9 Å². The Morgan fingerprint density at radius 1 is 1.28 bits per heavy atom. The number of rotatable bonds is 3. The fourth-order valence-corrected chi connectivity index (χ4v) is 2.89. The minimum absolute atomic E-state index is 0.551. The van der Waals surface area contributed by atoms with E-state index in [1.54, 1.807) is 10.3 Å². The van der Waals surface area contributed by atoms with Crippen molar-refractivity contribution in [1.29, 1.82) is 0 Å². The molecule has 1 aliphatic heterocycles. The predicted molar refractivity (Wildman–Crippen MR) is 89.2 cm³/mol. The first-order valence-corrected chi connectivity index (χ1v) is 7.69. The lowest BCUT2D eigenvalue weighted by Gasteiger charge is -2.30. The number of nitro groups is 1. The van der Waals surface area contributed by atoms with Gasteiger partial charge in [-0.3, -0.25) is 34.0 Å². The van der Waals surface area contributed by atoms with Crippen molar-refractivity contribution >= 4 is 23.3 Å². The Morgan fingerprint density at radius 3 is 2.52 bits per heavy atom. The quantitative estimate of drug-likeness (QED) is 0.479. The average Bonchev–Trinajstić information content (AvgIpc) is 2.93. The molecule has 0 aliphatic carbocycles. The van der Waals surface area contributed by atoms with Crippen LogP contribution in [0.2, 0.25) is 0 Å². The summed E-state index contributed by atoms with van der Waals surface area (Å²) in [7, 11) is 1.01. The van der Waals surface area contributed by atoms with E-state index in [1.165, 1.54) is 5.32 Å². The van der Waals surface area contributed by atoms with Gasteiger partial charge in [-0.15, -0.1) is 0 Å². The number of anilines is 1. The van der Waals surface area contributed by atoms with Gasteiger partial charge in [0.05, 0.1) is 4.92 Å². The summed E-state index contributed by atoms with van der Waals surface area (Å²) in [5.41, 5.74) is -8.78. The van der Waals surface area contributed by atoms with Crippen LogP contribution in [0.25, 0.3) is 0 Å². The highest BCUT2D eigenvalue weighted by molar-refractivity contribution is 6.09. The van der Waals surface area contributed by atoms with Crippen molar-refractivity contribution in [3.63, 3.8) is 0 Å². The van der Waals surface area contributed by atoms with E-state index in [9.17, 15) is 42.5 Å². The maximum Gasteiger partial charge on any atom is 0.425 e. The second kappa shape index (κ2) is 6.29. The number of halogens is 3. The number of carbonyl (C=O) groups excluding carboxylic acids is 2. The molecule has 3 rings (SSSR count). The lowest BCUT2D eigenvalue weighted by Crippen LogP contribution is -2.62. The molecule has 29 heavy (non-hydrogen) atoms. The maximum atomic E-state index is 14.0. The molecule has 2 aromatic rings. The van der Waals surface area contributed by atoms with Gasteiger partial charge in [0.25, 0.3) is 28.6 Å². The van der Waals surface area contributed by atoms with Gasteiger partial charge in [0.1, 0.15) is 11.4 Å². The van der Waals surface area contributed by atoms with Crippen LogP contribution in [0.4, 0.5) is 24.7 Å². The summed E-state index contributed by atoms with van der Waals surface area (Å²) < 4.78 is 42.6. The number of fused-ring (bicyclic) bond motifs is 1. The largest absolute Gasteiger partial charge is 0.425 e. The highest BCUT2D eigenvalue weighted by atomic mass is 19.4. The van der Waals surface area contributed by atoms with Gasteiger partial charge in [0.2, 0.25) is 0 Å². The van der Waals surface area contributed by atoms with E-state index in [0.717, 1.165) is 25.2 Å². The zero-order chi connectivity index (χ0) is 21.7.